The van der Waals surface area contributed by atoms with Crippen LogP contribution in [0.1, 0.15) is 44.7 Å². The van der Waals surface area contributed by atoms with Gasteiger partial charge in [0.15, 0.2) is 5.60 Å². The molecule has 0 aromatic heterocycles. The molecule has 0 radical (unpaired) electrons. The summed E-state index contributed by atoms with van der Waals surface area (Å²) in [5, 5.41) is 9.03. The van der Waals surface area contributed by atoms with Crippen LogP contribution in [0.2, 0.25) is 0 Å². The summed E-state index contributed by atoms with van der Waals surface area (Å²) in [6.45, 7) is 0.947. The highest BCUT2D eigenvalue weighted by molar-refractivity contribution is 5.96. The van der Waals surface area contributed by atoms with E-state index < -0.39 is 5.60 Å². The maximum atomic E-state index is 12.9. The highest BCUT2D eigenvalue weighted by Crippen LogP contribution is 2.42. The van der Waals surface area contributed by atoms with Gasteiger partial charge in [-0.3, -0.25) is 4.79 Å². The molecule has 1 amide bonds. The first kappa shape index (κ1) is 15.4. The molecular weight excluding hydrogens is 316 g/mol. The summed E-state index contributed by atoms with van der Waals surface area (Å²) in [6, 6.07) is 16.1. The second kappa shape index (κ2) is 5.75. The molecule has 0 N–H and O–H groups in total. The lowest BCUT2D eigenvalue weighted by Crippen LogP contribution is -2.48. The molecule has 2 aliphatic heterocycles. The summed E-state index contributed by atoms with van der Waals surface area (Å²) in [6.07, 6.45) is 1.46. The molecule has 2 aromatic carbocycles. The van der Waals surface area contributed by atoms with Crippen LogP contribution >= 0.6 is 0 Å². The van der Waals surface area contributed by atoms with Crippen molar-refractivity contribution in [1.82, 2.24) is 4.90 Å². The van der Waals surface area contributed by atoms with Crippen LogP contribution in [-0.4, -0.2) is 29.9 Å². The van der Waals surface area contributed by atoms with Gasteiger partial charge in [-0.1, -0.05) is 24.3 Å². The second-order valence-electron chi connectivity index (χ2n) is 6.45. The molecule has 1 fully saturated rings. The summed E-state index contributed by atoms with van der Waals surface area (Å²) in [4.78, 5) is 26.8. The molecule has 5 nitrogen and oxygen atoms in total. The zero-order valence-corrected chi connectivity index (χ0v) is 13.6. The summed E-state index contributed by atoms with van der Waals surface area (Å²) < 4.78 is 5.74. The Labute approximate surface area is 145 Å². The number of benzene rings is 2. The minimum Gasteiger partial charge on any atom is -0.449 e. The number of carbonyl (C=O) groups excluding carboxylic acids is 2. The first-order chi connectivity index (χ1) is 12.1. The number of rotatable bonds is 1. The number of hydrogen-bond donors (Lipinski definition) is 0. The Balaban J connectivity index is 1.65. The molecule has 0 aliphatic carbocycles. The van der Waals surface area contributed by atoms with E-state index in [9.17, 15) is 9.59 Å². The summed E-state index contributed by atoms with van der Waals surface area (Å²) in [7, 11) is 0. The van der Waals surface area contributed by atoms with E-state index in [-0.39, 0.29) is 11.9 Å². The molecule has 2 heterocycles. The maximum Gasteiger partial charge on any atom is 0.339 e. The number of amides is 1. The van der Waals surface area contributed by atoms with Gasteiger partial charge in [0, 0.05) is 17.7 Å². The van der Waals surface area contributed by atoms with Crippen molar-refractivity contribution in [3.8, 4) is 6.07 Å². The number of esters is 1. The third-order valence-electron chi connectivity index (χ3n) is 4.91. The first-order valence-electron chi connectivity index (χ1n) is 8.25. The molecular formula is C20H16N2O3. The molecule has 5 heteroatoms. The number of nitriles is 1. The van der Waals surface area contributed by atoms with Gasteiger partial charge in [0.2, 0.25) is 0 Å². The van der Waals surface area contributed by atoms with E-state index >= 15 is 0 Å². The van der Waals surface area contributed by atoms with E-state index in [2.05, 4.69) is 6.07 Å². The lowest BCUT2D eigenvalue weighted by atomic mass is 9.85. The molecule has 2 aromatic rings. The Hall–Kier alpha value is -3.13. The lowest BCUT2D eigenvalue weighted by molar-refractivity contribution is -0.0442. The lowest BCUT2D eigenvalue weighted by Gasteiger charge is -2.39. The van der Waals surface area contributed by atoms with Crippen LogP contribution in [0, 0.1) is 11.3 Å². The minimum absolute atomic E-state index is 0.142. The predicted octanol–water partition coefficient (Wildman–Crippen LogP) is 2.86. The second-order valence-corrected chi connectivity index (χ2v) is 6.45. The normalized spacial score (nSPS) is 21.6. The molecule has 25 heavy (non-hydrogen) atoms. The van der Waals surface area contributed by atoms with E-state index in [0.717, 1.165) is 12.0 Å². The summed E-state index contributed by atoms with van der Waals surface area (Å²) in [5.74, 6) is -0.465. The van der Waals surface area contributed by atoms with Crippen molar-refractivity contribution in [2.45, 2.75) is 18.4 Å². The number of piperidine rings is 1. The van der Waals surface area contributed by atoms with Gasteiger partial charge in [-0.2, -0.15) is 5.26 Å². The van der Waals surface area contributed by atoms with E-state index in [1.54, 1.807) is 35.2 Å². The zero-order chi connectivity index (χ0) is 17.4. The van der Waals surface area contributed by atoms with E-state index in [1.807, 2.05) is 18.2 Å². The smallest absolute Gasteiger partial charge is 0.339 e. The monoisotopic (exact) mass is 332 g/mol. The average Bonchev–Trinajstić information content (AvgIpc) is 2.93. The number of fused-ring (bicyclic) bond motifs is 2. The molecule has 2 aliphatic rings. The standard InChI is InChI=1S/C20H16N2O3/c21-12-14-5-3-6-15(11-14)18(23)22-10-4-9-20(13-22)17-8-2-1-7-16(17)19(24)25-20/h1-3,5-8,11H,4,9-10,13H2/t20-/m1/s1. The van der Waals surface area contributed by atoms with Gasteiger partial charge in [-0.25, -0.2) is 4.79 Å². The zero-order valence-electron chi connectivity index (χ0n) is 13.6. The molecule has 1 spiro atoms. The number of carbonyl (C=O) groups is 2. The Morgan fingerprint density at radius 1 is 1.20 bits per heavy atom. The average molecular weight is 332 g/mol. The Bertz CT molecular complexity index is 915. The molecule has 0 saturated carbocycles. The molecule has 1 atom stereocenters. The molecule has 0 bridgehead atoms. The van der Waals surface area contributed by atoms with Crippen molar-refractivity contribution in [2.24, 2.45) is 0 Å². The Morgan fingerprint density at radius 2 is 2.04 bits per heavy atom. The van der Waals surface area contributed by atoms with Crippen LogP contribution in [0.5, 0.6) is 0 Å². The fourth-order valence-electron chi connectivity index (χ4n) is 3.75. The fourth-order valence-corrected chi connectivity index (χ4v) is 3.75. The van der Waals surface area contributed by atoms with Crippen molar-refractivity contribution in [2.75, 3.05) is 13.1 Å². The third kappa shape index (κ3) is 2.47. The quantitative estimate of drug-likeness (QED) is 0.753. The van der Waals surface area contributed by atoms with E-state index in [4.69, 9.17) is 10.00 Å². The van der Waals surface area contributed by atoms with Crippen LogP contribution in [0.3, 0.4) is 0 Å². The first-order valence-corrected chi connectivity index (χ1v) is 8.25. The van der Waals surface area contributed by atoms with Gasteiger partial charge in [-0.15, -0.1) is 0 Å². The number of hydrogen-bond acceptors (Lipinski definition) is 4. The Morgan fingerprint density at radius 3 is 2.88 bits per heavy atom. The highest BCUT2D eigenvalue weighted by atomic mass is 16.6. The van der Waals surface area contributed by atoms with Crippen molar-refractivity contribution in [1.29, 1.82) is 5.26 Å². The third-order valence-corrected chi connectivity index (χ3v) is 4.91. The number of likely N-dealkylation sites (tertiary alicyclic amines) is 1. The van der Waals surface area contributed by atoms with Gasteiger partial charge in [0.1, 0.15) is 0 Å². The number of nitrogens with zero attached hydrogens (tertiary/aromatic N) is 2. The highest BCUT2D eigenvalue weighted by Gasteiger charge is 2.48. The number of ether oxygens (including phenoxy) is 1. The van der Waals surface area contributed by atoms with E-state index in [1.165, 1.54) is 0 Å². The van der Waals surface area contributed by atoms with Gasteiger partial charge < -0.3 is 9.64 Å². The van der Waals surface area contributed by atoms with Crippen molar-refractivity contribution in [3.63, 3.8) is 0 Å². The van der Waals surface area contributed by atoms with Crippen molar-refractivity contribution < 1.29 is 14.3 Å². The minimum atomic E-state index is -0.756. The van der Waals surface area contributed by atoms with Gasteiger partial charge in [0.25, 0.3) is 5.91 Å². The van der Waals surface area contributed by atoms with Crippen LogP contribution in [0.4, 0.5) is 0 Å². The van der Waals surface area contributed by atoms with Crippen molar-refractivity contribution in [3.05, 3.63) is 70.8 Å². The van der Waals surface area contributed by atoms with Gasteiger partial charge >= 0.3 is 5.97 Å². The van der Waals surface area contributed by atoms with E-state index in [0.29, 0.717) is 36.2 Å². The van der Waals surface area contributed by atoms with Gasteiger partial charge in [-0.05, 0) is 37.1 Å². The van der Waals surface area contributed by atoms with Crippen LogP contribution in [-0.2, 0) is 10.3 Å². The SMILES string of the molecule is N#Cc1cccc(C(=O)N2CCC[C@]3(C2)OC(=O)c2ccccc23)c1. The predicted molar refractivity (Wildman–Crippen MR) is 89.8 cm³/mol. The van der Waals surface area contributed by atoms with Crippen LogP contribution < -0.4 is 0 Å². The summed E-state index contributed by atoms with van der Waals surface area (Å²) >= 11 is 0. The fraction of sp³-hybridized carbons (Fsp3) is 0.250. The molecule has 1 saturated heterocycles. The van der Waals surface area contributed by atoms with Crippen LogP contribution in [0.25, 0.3) is 0 Å². The molecule has 124 valence electrons. The van der Waals surface area contributed by atoms with Gasteiger partial charge in [0.05, 0.1) is 23.7 Å². The Kier molecular flexibility index (Phi) is 3.54. The molecule has 0 unspecified atom stereocenters. The summed E-state index contributed by atoms with van der Waals surface area (Å²) in [5.41, 5.74) is 1.63. The largest absolute Gasteiger partial charge is 0.449 e. The van der Waals surface area contributed by atoms with Crippen molar-refractivity contribution >= 4 is 11.9 Å². The molecule has 4 rings (SSSR count). The topological polar surface area (TPSA) is 70.4 Å². The van der Waals surface area contributed by atoms with Crippen LogP contribution in [0.15, 0.2) is 48.5 Å². The maximum absolute atomic E-state index is 12.9.